The number of nitrogens with zero attached hydrogens (tertiary/aromatic N) is 1. The Morgan fingerprint density at radius 3 is 2.47 bits per heavy atom. The van der Waals surface area contributed by atoms with E-state index in [1.165, 1.54) is 6.07 Å². The van der Waals surface area contributed by atoms with Gasteiger partial charge in [-0.1, -0.05) is 11.6 Å². The van der Waals surface area contributed by atoms with Crippen molar-refractivity contribution in [2.45, 2.75) is 28.2 Å². The second kappa shape index (κ2) is 3.48. The van der Waals surface area contributed by atoms with Crippen molar-refractivity contribution in [3.05, 3.63) is 16.5 Å². The Kier molecular flexibility index (Phi) is 2.53. The van der Waals surface area contributed by atoms with Gasteiger partial charge in [0, 0.05) is 0 Å². The van der Waals surface area contributed by atoms with Crippen molar-refractivity contribution in [2.24, 2.45) is 0 Å². The molecule has 0 amide bonds. The molecule has 0 saturated heterocycles. The summed E-state index contributed by atoms with van der Waals surface area (Å²) in [6.45, 7) is 0. The fourth-order valence-electron chi connectivity index (χ4n) is 1.57. The minimum absolute atomic E-state index is 0.203. The van der Waals surface area contributed by atoms with Crippen LogP contribution in [0.15, 0.2) is 16.3 Å². The summed E-state index contributed by atoms with van der Waals surface area (Å²) in [4.78, 5) is 0. The third-order valence-electron chi connectivity index (χ3n) is 2.69. The third kappa shape index (κ3) is 1.48. The fourth-order valence-corrected chi connectivity index (χ4v) is 5.25. The maximum absolute atomic E-state index is 12.1. The molecule has 3 nitrogen and oxygen atoms in total. The minimum atomic E-state index is -3.52. The highest BCUT2D eigenvalue weighted by Gasteiger charge is 2.50. The van der Waals surface area contributed by atoms with Crippen LogP contribution in [0.5, 0.6) is 0 Å². The molecule has 0 aliphatic heterocycles. The molecule has 15 heavy (non-hydrogen) atoms. The topological polar surface area (TPSA) is 57.9 Å². The molecule has 0 atom stereocenters. The Morgan fingerprint density at radius 1 is 1.47 bits per heavy atom. The van der Waals surface area contributed by atoms with E-state index in [9.17, 15) is 8.42 Å². The average Bonchev–Trinajstić information content (AvgIpc) is 2.50. The van der Waals surface area contributed by atoms with Gasteiger partial charge in [-0.25, -0.2) is 8.42 Å². The van der Waals surface area contributed by atoms with Gasteiger partial charge in [0.25, 0.3) is 0 Å². The normalized spacial score (nSPS) is 19.2. The summed E-state index contributed by atoms with van der Waals surface area (Å²) < 4.78 is 23.7. The lowest BCUT2D eigenvalue weighted by molar-refractivity contribution is 0.407. The first kappa shape index (κ1) is 10.9. The molecule has 1 saturated carbocycles. The summed E-state index contributed by atoms with van der Waals surface area (Å²) in [7, 11) is -3.52. The van der Waals surface area contributed by atoms with Crippen LogP contribution in [0.3, 0.4) is 0 Å². The van der Waals surface area contributed by atoms with E-state index < -0.39 is 14.6 Å². The van der Waals surface area contributed by atoms with Crippen molar-refractivity contribution < 1.29 is 8.42 Å². The van der Waals surface area contributed by atoms with Crippen molar-refractivity contribution in [1.29, 1.82) is 5.26 Å². The van der Waals surface area contributed by atoms with Crippen LogP contribution >= 0.6 is 22.9 Å². The Bertz CT molecular complexity index is 523. The summed E-state index contributed by atoms with van der Waals surface area (Å²) in [5.41, 5.74) is 0. The van der Waals surface area contributed by atoms with Gasteiger partial charge < -0.3 is 0 Å². The maximum Gasteiger partial charge on any atom is 0.206 e. The molecule has 0 radical (unpaired) electrons. The molecule has 80 valence electrons. The van der Waals surface area contributed by atoms with E-state index in [4.69, 9.17) is 16.9 Å². The molecular formula is C9H8ClNO2S2. The average molecular weight is 262 g/mol. The number of hydrogen-bond acceptors (Lipinski definition) is 4. The molecular weight excluding hydrogens is 254 g/mol. The SMILES string of the molecule is N#CC1(S(=O)(=O)c2ccc(Cl)s2)CCC1. The van der Waals surface area contributed by atoms with Gasteiger partial charge in [0.2, 0.25) is 9.84 Å². The number of rotatable bonds is 2. The molecule has 0 N–H and O–H groups in total. The van der Waals surface area contributed by atoms with Gasteiger partial charge in [-0.2, -0.15) is 5.26 Å². The summed E-state index contributed by atoms with van der Waals surface area (Å²) in [6, 6.07) is 4.96. The Hall–Kier alpha value is -0.570. The molecule has 1 fully saturated rings. The molecule has 0 aromatic carbocycles. The Labute approximate surface area is 97.2 Å². The fraction of sp³-hybridized carbons (Fsp3) is 0.444. The molecule has 0 unspecified atom stereocenters. The number of nitriles is 1. The van der Waals surface area contributed by atoms with Crippen molar-refractivity contribution in [3.63, 3.8) is 0 Å². The van der Waals surface area contributed by atoms with E-state index in [-0.39, 0.29) is 4.21 Å². The van der Waals surface area contributed by atoms with Crippen molar-refractivity contribution >= 4 is 32.8 Å². The number of thiophene rings is 1. The van der Waals surface area contributed by atoms with Crippen LogP contribution in [-0.4, -0.2) is 13.2 Å². The predicted molar refractivity (Wildman–Crippen MR) is 58.7 cm³/mol. The zero-order chi connectivity index (χ0) is 11.1. The van der Waals surface area contributed by atoms with Crippen LogP contribution in [-0.2, 0) is 9.84 Å². The van der Waals surface area contributed by atoms with E-state index in [2.05, 4.69) is 0 Å². The van der Waals surface area contributed by atoms with Gasteiger partial charge in [-0.15, -0.1) is 11.3 Å². The highest BCUT2D eigenvalue weighted by atomic mass is 35.5. The summed E-state index contributed by atoms with van der Waals surface area (Å²) in [5.74, 6) is 0. The van der Waals surface area contributed by atoms with Crippen LogP contribution < -0.4 is 0 Å². The van der Waals surface area contributed by atoms with E-state index in [0.29, 0.717) is 17.2 Å². The molecule has 0 spiro atoms. The van der Waals surface area contributed by atoms with Gasteiger partial charge in [-0.05, 0) is 31.4 Å². The summed E-state index contributed by atoms with van der Waals surface area (Å²) in [5, 5.41) is 8.98. The molecule has 2 rings (SSSR count). The molecule has 1 heterocycles. The molecule has 6 heteroatoms. The van der Waals surface area contributed by atoms with Gasteiger partial charge >= 0.3 is 0 Å². The first-order chi connectivity index (χ1) is 7.02. The number of hydrogen-bond donors (Lipinski definition) is 0. The van der Waals surface area contributed by atoms with Crippen molar-refractivity contribution in [1.82, 2.24) is 0 Å². The Balaban J connectivity index is 2.49. The van der Waals surface area contributed by atoms with E-state index in [1.807, 2.05) is 6.07 Å². The standard InChI is InChI=1S/C9H8ClNO2S2/c10-7-2-3-8(14-7)15(12,13)9(6-11)4-1-5-9/h2-3H,1,4-5H2. The van der Waals surface area contributed by atoms with Gasteiger partial charge in [-0.3, -0.25) is 0 Å². The highest BCUT2D eigenvalue weighted by Crippen LogP contribution is 2.44. The smallest absolute Gasteiger partial charge is 0.206 e. The van der Waals surface area contributed by atoms with E-state index in [0.717, 1.165) is 17.8 Å². The van der Waals surface area contributed by atoms with Crippen LogP contribution in [0.2, 0.25) is 4.34 Å². The lowest BCUT2D eigenvalue weighted by atomic mass is 9.86. The minimum Gasteiger partial charge on any atom is -0.221 e. The van der Waals surface area contributed by atoms with Gasteiger partial charge in [0.1, 0.15) is 4.21 Å². The van der Waals surface area contributed by atoms with Crippen molar-refractivity contribution in [2.75, 3.05) is 0 Å². The molecule has 1 aromatic rings. The molecule has 1 aromatic heterocycles. The summed E-state index contributed by atoms with van der Waals surface area (Å²) in [6.07, 6.45) is 1.66. The van der Waals surface area contributed by atoms with Gasteiger partial charge in [0.15, 0.2) is 4.75 Å². The number of sulfone groups is 1. The zero-order valence-electron chi connectivity index (χ0n) is 7.73. The number of halogens is 1. The monoisotopic (exact) mass is 261 g/mol. The largest absolute Gasteiger partial charge is 0.221 e. The van der Waals surface area contributed by atoms with Gasteiger partial charge in [0.05, 0.1) is 10.4 Å². The third-order valence-corrected chi connectivity index (χ3v) is 6.82. The van der Waals surface area contributed by atoms with E-state index in [1.54, 1.807) is 6.07 Å². The molecule has 1 aliphatic rings. The second-order valence-electron chi connectivity index (χ2n) is 3.52. The van der Waals surface area contributed by atoms with Crippen LogP contribution in [0.1, 0.15) is 19.3 Å². The quantitative estimate of drug-likeness (QED) is 0.822. The maximum atomic E-state index is 12.1. The van der Waals surface area contributed by atoms with E-state index >= 15 is 0 Å². The second-order valence-corrected chi connectivity index (χ2v) is 7.72. The summed E-state index contributed by atoms with van der Waals surface area (Å²) >= 11 is 6.70. The molecule has 1 aliphatic carbocycles. The van der Waals surface area contributed by atoms with Crippen molar-refractivity contribution in [3.8, 4) is 6.07 Å². The van der Waals surface area contributed by atoms with Crippen LogP contribution in [0.25, 0.3) is 0 Å². The lowest BCUT2D eigenvalue weighted by Crippen LogP contribution is -2.43. The Morgan fingerprint density at radius 2 is 2.13 bits per heavy atom. The van der Waals surface area contributed by atoms with Crippen LogP contribution in [0.4, 0.5) is 0 Å². The molecule has 0 bridgehead atoms. The first-order valence-electron chi connectivity index (χ1n) is 4.43. The zero-order valence-corrected chi connectivity index (χ0v) is 10.1. The lowest BCUT2D eigenvalue weighted by Gasteiger charge is -2.33. The highest BCUT2D eigenvalue weighted by molar-refractivity contribution is 7.95. The predicted octanol–water partition coefficient (Wildman–Crippen LogP) is 2.62. The van der Waals surface area contributed by atoms with Crippen LogP contribution in [0, 0.1) is 11.3 Å². The first-order valence-corrected chi connectivity index (χ1v) is 7.11.